The Morgan fingerprint density at radius 3 is 2.92 bits per heavy atom. The van der Waals surface area contributed by atoms with Crippen molar-refractivity contribution in [3.05, 3.63) is 0 Å². The number of urea groups is 1. The third-order valence-electron chi connectivity index (χ3n) is 1.16. The predicted octanol–water partition coefficient (Wildman–Crippen LogP) is -1.09. The number of aliphatic hydroxyl groups excluding tert-OH is 1. The highest BCUT2D eigenvalue weighted by Crippen LogP contribution is 1.81. The van der Waals surface area contributed by atoms with Gasteiger partial charge >= 0.3 is 6.03 Å². The maximum absolute atomic E-state index is 10.9. The van der Waals surface area contributed by atoms with E-state index >= 15 is 0 Å². The molecular weight excluding hydrogens is 162 g/mol. The molecule has 0 saturated heterocycles. The van der Waals surface area contributed by atoms with Gasteiger partial charge in [-0.15, -0.1) is 0 Å². The summed E-state index contributed by atoms with van der Waals surface area (Å²) in [6, 6.07) is -0.386. The van der Waals surface area contributed by atoms with E-state index in [1.807, 2.05) is 0 Å². The van der Waals surface area contributed by atoms with E-state index in [-0.39, 0.29) is 25.9 Å². The molecule has 0 rings (SSSR count). The largest absolute Gasteiger partial charge is 0.395 e. The Hall–Kier alpha value is -1.39. The first-order valence-corrected chi connectivity index (χ1v) is 3.35. The van der Waals surface area contributed by atoms with Crippen LogP contribution in [0.25, 0.3) is 0 Å². The number of carbonyl (C=O) groups is 1. The van der Waals surface area contributed by atoms with E-state index in [1.165, 1.54) is 18.0 Å². The van der Waals surface area contributed by atoms with Gasteiger partial charge in [0.15, 0.2) is 0 Å². The van der Waals surface area contributed by atoms with Crippen molar-refractivity contribution in [3.8, 4) is 0 Å². The number of aliphatic hydroxyl groups is 1. The normalized spacial score (nSPS) is 8.50. The number of nitrogens with zero attached hydrogens (tertiary/aromatic N) is 2. The number of isocyanates is 1. The van der Waals surface area contributed by atoms with Gasteiger partial charge < -0.3 is 15.3 Å². The Morgan fingerprint density at radius 1 is 1.75 bits per heavy atom. The van der Waals surface area contributed by atoms with Crippen molar-refractivity contribution in [3.63, 3.8) is 0 Å². The van der Waals surface area contributed by atoms with Gasteiger partial charge in [0.05, 0.1) is 6.61 Å². The van der Waals surface area contributed by atoms with Gasteiger partial charge in [-0.2, -0.15) is 4.99 Å². The molecule has 0 aromatic rings. The van der Waals surface area contributed by atoms with Gasteiger partial charge in [0, 0.05) is 13.6 Å². The highest BCUT2D eigenvalue weighted by Gasteiger charge is 2.04. The van der Waals surface area contributed by atoms with Crippen molar-refractivity contribution in [1.29, 1.82) is 0 Å². The topological polar surface area (TPSA) is 82.0 Å². The zero-order valence-corrected chi connectivity index (χ0v) is 6.78. The Morgan fingerprint density at radius 2 is 2.42 bits per heavy atom. The maximum atomic E-state index is 10.9. The van der Waals surface area contributed by atoms with E-state index in [0.29, 0.717) is 0 Å². The van der Waals surface area contributed by atoms with Crippen LogP contribution >= 0.6 is 0 Å². The van der Waals surface area contributed by atoms with E-state index < -0.39 is 0 Å². The summed E-state index contributed by atoms with van der Waals surface area (Å²) in [5.74, 6) is 0. The van der Waals surface area contributed by atoms with Crippen LogP contribution in [0.4, 0.5) is 4.79 Å². The molecule has 68 valence electrons. The first kappa shape index (κ1) is 10.6. The molecule has 0 aliphatic heterocycles. The quantitative estimate of drug-likeness (QED) is 0.418. The van der Waals surface area contributed by atoms with Crippen LogP contribution in [0, 0.1) is 0 Å². The maximum Gasteiger partial charge on any atom is 0.318 e. The zero-order valence-electron chi connectivity index (χ0n) is 6.78. The molecule has 0 aliphatic carbocycles. The van der Waals surface area contributed by atoms with Gasteiger partial charge in [0.1, 0.15) is 6.67 Å². The number of nitrogens with one attached hydrogen (secondary N) is 1. The number of amides is 2. The van der Waals surface area contributed by atoms with E-state index in [2.05, 4.69) is 10.3 Å². The fourth-order valence-corrected chi connectivity index (χ4v) is 0.526. The summed E-state index contributed by atoms with van der Waals surface area (Å²) in [4.78, 5) is 24.9. The monoisotopic (exact) mass is 173 g/mol. The van der Waals surface area contributed by atoms with Crippen molar-refractivity contribution < 1.29 is 14.7 Å². The molecule has 2 amide bonds. The molecule has 6 heteroatoms. The lowest BCUT2D eigenvalue weighted by Crippen LogP contribution is -2.38. The molecule has 0 bridgehead atoms. The molecule has 6 nitrogen and oxygen atoms in total. The van der Waals surface area contributed by atoms with Crippen LogP contribution in [0.15, 0.2) is 4.99 Å². The van der Waals surface area contributed by atoms with E-state index in [9.17, 15) is 9.59 Å². The van der Waals surface area contributed by atoms with Crippen LogP contribution < -0.4 is 5.32 Å². The van der Waals surface area contributed by atoms with Gasteiger partial charge in [-0.25, -0.2) is 9.59 Å². The first-order valence-electron chi connectivity index (χ1n) is 3.35. The molecule has 0 atom stereocenters. The number of aliphatic imine (C=N–C) groups is 1. The third kappa shape index (κ3) is 4.43. The van der Waals surface area contributed by atoms with Gasteiger partial charge in [-0.3, -0.25) is 0 Å². The molecule has 0 aromatic heterocycles. The van der Waals surface area contributed by atoms with Crippen molar-refractivity contribution in [2.45, 2.75) is 0 Å². The van der Waals surface area contributed by atoms with Crippen LogP contribution in [0.2, 0.25) is 0 Å². The highest BCUT2D eigenvalue weighted by molar-refractivity contribution is 5.73. The third-order valence-corrected chi connectivity index (χ3v) is 1.16. The van der Waals surface area contributed by atoms with Crippen LogP contribution in [-0.2, 0) is 4.79 Å². The second-order valence-corrected chi connectivity index (χ2v) is 2.03. The second kappa shape index (κ2) is 6.33. The Balaban J connectivity index is 3.63. The minimum Gasteiger partial charge on any atom is -0.395 e. The SMILES string of the molecule is CN(CCO)C(=O)NCN=C=O. The van der Waals surface area contributed by atoms with Gasteiger partial charge in [0.2, 0.25) is 6.08 Å². The van der Waals surface area contributed by atoms with E-state index in [4.69, 9.17) is 5.11 Å². The van der Waals surface area contributed by atoms with E-state index in [1.54, 1.807) is 0 Å². The molecule has 0 aromatic carbocycles. The number of hydrogen-bond acceptors (Lipinski definition) is 4. The van der Waals surface area contributed by atoms with Crippen LogP contribution in [0.3, 0.4) is 0 Å². The summed E-state index contributed by atoms with van der Waals surface area (Å²) in [5, 5.41) is 10.8. The number of hydrogen-bond donors (Lipinski definition) is 2. The zero-order chi connectivity index (χ0) is 9.40. The van der Waals surface area contributed by atoms with Crippen LogP contribution in [0.5, 0.6) is 0 Å². The molecule has 0 saturated carbocycles. The van der Waals surface area contributed by atoms with Crippen LogP contribution in [-0.4, -0.2) is 49.0 Å². The smallest absolute Gasteiger partial charge is 0.318 e. The van der Waals surface area contributed by atoms with Crippen molar-refractivity contribution in [2.75, 3.05) is 26.9 Å². The molecule has 0 radical (unpaired) electrons. The number of likely N-dealkylation sites (N-methyl/N-ethyl adjacent to an activating group) is 1. The summed E-state index contributed by atoms with van der Waals surface area (Å²) < 4.78 is 0. The van der Waals surface area contributed by atoms with Gasteiger partial charge in [0.25, 0.3) is 0 Å². The summed E-state index contributed by atoms with van der Waals surface area (Å²) in [7, 11) is 1.52. The second-order valence-electron chi connectivity index (χ2n) is 2.03. The fraction of sp³-hybridized carbons (Fsp3) is 0.667. The van der Waals surface area contributed by atoms with Crippen molar-refractivity contribution >= 4 is 12.1 Å². The van der Waals surface area contributed by atoms with Gasteiger partial charge in [-0.1, -0.05) is 0 Å². The molecular formula is C6H11N3O3. The Kier molecular flexibility index (Phi) is 5.60. The average Bonchev–Trinajstić information content (AvgIpc) is 2.05. The van der Waals surface area contributed by atoms with Gasteiger partial charge in [-0.05, 0) is 0 Å². The Labute approximate surface area is 69.9 Å². The first-order chi connectivity index (χ1) is 5.72. The lowest BCUT2D eigenvalue weighted by Gasteiger charge is -2.14. The predicted molar refractivity (Wildman–Crippen MR) is 41.2 cm³/mol. The fourth-order valence-electron chi connectivity index (χ4n) is 0.526. The molecule has 0 heterocycles. The summed E-state index contributed by atoms with van der Waals surface area (Å²) >= 11 is 0. The van der Waals surface area contributed by atoms with Crippen molar-refractivity contribution in [2.24, 2.45) is 4.99 Å². The molecule has 12 heavy (non-hydrogen) atoms. The number of carbonyl (C=O) groups excluding carboxylic acids is 2. The minimum absolute atomic E-state index is 0.0852. The highest BCUT2D eigenvalue weighted by atomic mass is 16.3. The lowest BCUT2D eigenvalue weighted by atomic mass is 10.6. The molecule has 0 unspecified atom stereocenters. The number of rotatable bonds is 4. The van der Waals surface area contributed by atoms with E-state index in [0.717, 1.165) is 0 Å². The average molecular weight is 173 g/mol. The molecule has 0 fully saturated rings. The standard InChI is InChI=1S/C6H11N3O3/c1-9(2-3-10)6(12)8-4-7-5-11/h10H,2-4H2,1H3,(H,8,12). The van der Waals surface area contributed by atoms with Crippen LogP contribution in [0.1, 0.15) is 0 Å². The minimum atomic E-state index is -0.386. The summed E-state index contributed by atoms with van der Waals surface area (Å²) in [6.45, 7) is 0.0651. The molecule has 0 aliphatic rings. The molecule has 0 spiro atoms. The summed E-state index contributed by atoms with van der Waals surface area (Å²) in [6.07, 6.45) is 1.29. The van der Waals surface area contributed by atoms with Crippen molar-refractivity contribution in [1.82, 2.24) is 10.2 Å². The Bertz CT molecular complexity index is 188. The lowest BCUT2D eigenvalue weighted by molar-refractivity contribution is 0.191. The molecule has 2 N–H and O–H groups in total. The summed E-state index contributed by atoms with van der Waals surface area (Å²) in [5.41, 5.74) is 0.